The van der Waals surface area contributed by atoms with E-state index in [1.807, 2.05) is 66.9 Å². The lowest BCUT2D eigenvalue weighted by molar-refractivity contribution is 0.667. The number of fused-ring (bicyclic) bond motifs is 14. The number of hydrogen-bond donors (Lipinski definition) is 0. The molecule has 2 nitrogen and oxygen atoms in total. The van der Waals surface area contributed by atoms with Crippen molar-refractivity contribution in [3.8, 4) is 22.5 Å². The highest BCUT2D eigenvalue weighted by Crippen LogP contribution is 2.54. The Hall–Kier alpha value is -5.64. The Bertz CT molecular complexity index is 3490. The van der Waals surface area contributed by atoms with E-state index < -0.39 is 11.5 Å². The Morgan fingerprint density at radius 2 is 1.31 bits per heavy atom. The van der Waals surface area contributed by atoms with Crippen molar-refractivity contribution in [2.45, 2.75) is 19.3 Å². The molecule has 48 heavy (non-hydrogen) atoms. The van der Waals surface area contributed by atoms with Gasteiger partial charge in [-0.25, -0.2) is 0 Å². The maximum atomic E-state index is 9.58. The minimum absolute atomic E-state index is 0.124. The smallest absolute Gasteiger partial charge is 0.0645 e. The molecule has 1 aliphatic rings. The van der Waals surface area contributed by atoms with Crippen LogP contribution in [0.1, 0.15) is 37.3 Å². The van der Waals surface area contributed by atoms with E-state index in [0.717, 1.165) is 49.3 Å². The van der Waals surface area contributed by atoms with Crippen LogP contribution in [0.15, 0.2) is 145 Å². The van der Waals surface area contributed by atoms with Gasteiger partial charge >= 0.3 is 0 Å². The summed E-state index contributed by atoms with van der Waals surface area (Å²) in [6.45, 7) is 3.72. The van der Waals surface area contributed by atoms with E-state index in [9.17, 15) is 6.85 Å². The summed E-state index contributed by atoms with van der Waals surface area (Å²) in [5.41, 5.74) is 5.37. The highest BCUT2D eigenvalue weighted by Gasteiger charge is 2.37. The van der Waals surface area contributed by atoms with Gasteiger partial charge in [0, 0.05) is 48.1 Å². The molecule has 0 spiro atoms. The molecule has 3 aromatic heterocycles. The molecule has 0 aliphatic heterocycles. The van der Waals surface area contributed by atoms with Crippen LogP contribution in [0.2, 0.25) is 0 Å². The summed E-state index contributed by atoms with van der Waals surface area (Å²) >= 11 is 1.22. The zero-order valence-corrected chi connectivity index (χ0v) is 26.8. The molecule has 3 heterocycles. The van der Waals surface area contributed by atoms with E-state index in [2.05, 4.69) is 47.0 Å². The van der Waals surface area contributed by atoms with E-state index in [1.54, 1.807) is 0 Å². The molecule has 0 amide bonds. The third-order valence-electron chi connectivity index (χ3n) is 10.2. The largest absolute Gasteiger partial charge is 0.309 e. The molecule has 0 N–H and O–H groups in total. The Morgan fingerprint density at radius 3 is 2.17 bits per heavy atom. The predicted molar refractivity (Wildman–Crippen MR) is 206 cm³/mol. The first kappa shape index (κ1) is 19.2. The summed E-state index contributed by atoms with van der Waals surface area (Å²) in [6, 6.07) is 28.6. The molecule has 7 aromatic carbocycles. The van der Waals surface area contributed by atoms with E-state index in [0.29, 0.717) is 37.0 Å². The molecule has 1 aliphatic carbocycles. The van der Waals surface area contributed by atoms with Crippen LogP contribution in [0.25, 0.3) is 86.3 Å². The number of nitrogens with zero attached hydrogens (tertiary/aromatic N) is 2. The second-order valence-electron chi connectivity index (χ2n) is 13.0. The molecule has 3 heteroatoms. The number of hydrogen-bond acceptors (Lipinski definition) is 1. The molecule has 10 aromatic rings. The zero-order valence-electron chi connectivity index (χ0n) is 35.0. The first-order valence-electron chi connectivity index (χ1n) is 20.5. The fourth-order valence-electron chi connectivity index (χ4n) is 8.22. The van der Waals surface area contributed by atoms with Crippen molar-refractivity contribution in [2.75, 3.05) is 0 Å². The fraction of sp³-hybridized carbons (Fsp3) is 0.0667. The van der Waals surface area contributed by atoms with Crippen LogP contribution in [-0.4, -0.2) is 9.13 Å². The van der Waals surface area contributed by atoms with Gasteiger partial charge in [-0.05, 0) is 64.7 Å². The summed E-state index contributed by atoms with van der Waals surface area (Å²) < 4.78 is 87.2. The number of thiophene rings is 1. The van der Waals surface area contributed by atoms with Gasteiger partial charge in [0.05, 0.1) is 44.8 Å². The van der Waals surface area contributed by atoms with E-state index in [-0.39, 0.29) is 59.5 Å². The molecule has 11 rings (SSSR count). The summed E-state index contributed by atoms with van der Waals surface area (Å²) in [4.78, 5) is 0. The predicted octanol–water partition coefficient (Wildman–Crippen LogP) is 12.6. The second-order valence-corrected chi connectivity index (χ2v) is 14.0. The second kappa shape index (κ2) is 9.25. The Labute approximate surface area is 294 Å². The standard InChI is InChI=1S/C45H30N2S/c1-45(2)34-19-9-6-15-28(34)30-24-26-39-41(42(30)45)33-18-12-22-38(44(33)48-39)47-36-21-11-8-17-32(36)40-37(47)25-23-31-29-16-7-10-20-35(29)46(43(31)40)27-13-4-3-5-14-27/h3-26H,1-2H3/i6D,9D,12D,15D,18D,19D,22D,24D,26D. The van der Waals surface area contributed by atoms with E-state index >= 15 is 0 Å². The summed E-state index contributed by atoms with van der Waals surface area (Å²) in [5, 5.41) is 4.94. The van der Waals surface area contributed by atoms with Crippen LogP contribution >= 0.6 is 11.3 Å². The van der Waals surface area contributed by atoms with E-state index in [1.165, 1.54) is 11.3 Å². The van der Waals surface area contributed by atoms with Crippen molar-refractivity contribution in [1.29, 1.82) is 0 Å². The third-order valence-corrected chi connectivity index (χ3v) is 11.3. The Morgan fingerprint density at radius 1 is 0.562 bits per heavy atom. The topological polar surface area (TPSA) is 9.86 Å². The molecule has 0 saturated heterocycles. The van der Waals surface area contributed by atoms with Crippen LogP contribution in [-0.2, 0) is 5.41 Å². The number of aromatic nitrogens is 2. The average molecular weight is 640 g/mol. The van der Waals surface area contributed by atoms with Crippen molar-refractivity contribution in [1.82, 2.24) is 9.13 Å². The highest BCUT2D eigenvalue weighted by atomic mass is 32.1. The van der Waals surface area contributed by atoms with Crippen molar-refractivity contribution in [3.05, 3.63) is 157 Å². The lowest BCUT2D eigenvalue weighted by atomic mass is 9.80. The SMILES string of the molecule is [2H]c1c([2H])c([2H])c2c(c1[2H])-c1c([2H])c([2H])c3sc4c(-n5c6ccccc6c6c5ccc5c7ccccc7n(-c7ccccc7)c56)c([2H])c([2H])c([2H])c4c3c1C2(C)C. The number of rotatable bonds is 2. The molecule has 0 atom stereocenters. The lowest BCUT2D eigenvalue weighted by Gasteiger charge is -2.22. The van der Waals surface area contributed by atoms with Gasteiger partial charge in [-0.15, -0.1) is 11.3 Å². The fourth-order valence-corrected chi connectivity index (χ4v) is 9.33. The van der Waals surface area contributed by atoms with Crippen LogP contribution in [0.3, 0.4) is 0 Å². The van der Waals surface area contributed by atoms with Gasteiger partial charge in [0.1, 0.15) is 0 Å². The Kier molecular flexibility index (Phi) is 3.71. The van der Waals surface area contributed by atoms with Gasteiger partial charge in [0.15, 0.2) is 0 Å². The first-order valence-corrected chi connectivity index (χ1v) is 16.8. The van der Waals surface area contributed by atoms with Crippen LogP contribution in [0.5, 0.6) is 0 Å². The average Bonchev–Trinajstić information content (AvgIpc) is 3.93. The summed E-state index contributed by atoms with van der Waals surface area (Å²) in [7, 11) is 0. The molecule has 0 radical (unpaired) electrons. The molecule has 0 unspecified atom stereocenters. The minimum atomic E-state index is -1.05. The van der Waals surface area contributed by atoms with Gasteiger partial charge in [0.2, 0.25) is 0 Å². The van der Waals surface area contributed by atoms with Crippen molar-refractivity contribution in [2.24, 2.45) is 0 Å². The lowest BCUT2D eigenvalue weighted by Crippen LogP contribution is -2.15. The van der Waals surface area contributed by atoms with Crippen molar-refractivity contribution in [3.63, 3.8) is 0 Å². The Balaban J connectivity index is 1.34. The quantitative estimate of drug-likeness (QED) is 0.178. The highest BCUT2D eigenvalue weighted by molar-refractivity contribution is 7.26. The van der Waals surface area contributed by atoms with Crippen molar-refractivity contribution < 1.29 is 12.3 Å². The molecular weight excluding hydrogens is 601 g/mol. The van der Waals surface area contributed by atoms with Crippen LogP contribution in [0.4, 0.5) is 0 Å². The molecular formula is C45H30N2S. The normalized spacial score (nSPS) is 16.4. The summed E-state index contributed by atoms with van der Waals surface area (Å²) in [6.07, 6.45) is 0. The number of benzene rings is 7. The maximum Gasteiger partial charge on any atom is 0.0645 e. The van der Waals surface area contributed by atoms with Gasteiger partial charge in [-0.2, -0.15) is 0 Å². The first-order chi connectivity index (χ1) is 27.4. The maximum absolute atomic E-state index is 9.58. The van der Waals surface area contributed by atoms with Gasteiger partial charge in [-0.1, -0.05) is 117 Å². The zero-order chi connectivity index (χ0) is 39.6. The van der Waals surface area contributed by atoms with Crippen LogP contribution < -0.4 is 0 Å². The van der Waals surface area contributed by atoms with Crippen LogP contribution in [0, 0.1) is 0 Å². The minimum Gasteiger partial charge on any atom is -0.309 e. The van der Waals surface area contributed by atoms with Gasteiger partial charge in [0.25, 0.3) is 0 Å². The summed E-state index contributed by atoms with van der Waals surface area (Å²) in [5.74, 6) is 0. The number of para-hydroxylation sites is 3. The monoisotopic (exact) mass is 639 g/mol. The third kappa shape index (κ3) is 3.22. The van der Waals surface area contributed by atoms with E-state index in [4.69, 9.17) is 5.48 Å². The molecule has 0 bridgehead atoms. The van der Waals surface area contributed by atoms with Gasteiger partial charge in [-0.3, -0.25) is 0 Å². The molecule has 0 saturated carbocycles. The van der Waals surface area contributed by atoms with Gasteiger partial charge < -0.3 is 9.13 Å². The van der Waals surface area contributed by atoms with Crippen molar-refractivity contribution >= 4 is 75.1 Å². The molecule has 0 fully saturated rings. The molecule has 226 valence electrons.